The van der Waals surface area contributed by atoms with Gasteiger partial charge in [-0.2, -0.15) is 0 Å². The molecule has 0 heterocycles. The van der Waals surface area contributed by atoms with Gasteiger partial charge in [-0.25, -0.2) is 0 Å². The Morgan fingerprint density at radius 2 is 2.13 bits per heavy atom. The number of aliphatic carboxylic acids is 1. The number of carboxylic acid groups (broad SMARTS) is 1. The Kier molecular flexibility index (Phi) is 5.43. The van der Waals surface area contributed by atoms with Crippen molar-refractivity contribution in [3.8, 4) is 5.75 Å². The maximum Gasteiger partial charge on any atom is 0.320 e. The monoisotopic (exact) mass is 251 g/mol. The van der Waals surface area contributed by atoms with E-state index in [9.17, 15) is 4.79 Å². The molecule has 4 N–H and O–H groups in total. The molecule has 6 heteroatoms. The Hall–Kier alpha value is -0.970. The second-order valence-electron chi connectivity index (χ2n) is 2.93. The minimum absolute atomic E-state index is 0. The van der Waals surface area contributed by atoms with Crippen molar-refractivity contribution in [1.82, 2.24) is 0 Å². The van der Waals surface area contributed by atoms with Crippen LogP contribution >= 0.6 is 24.0 Å². The van der Waals surface area contributed by atoms with Gasteiger partial charge in [0.25, 0.3) is 0 Å². The zero-order valence-electron chi connectivity index (χ0n) is 7.68. The summed E-state index contributed by atoms with van der Waals surface area (Å²) >= 11 is 5.64. The van der Waals surface area contributed by atoms with E-state index in [1.807, 2.05) is 0 Å². The fourth-order valence-corrected chi connectivity index (χ4v) is 1.22. The van der Waals surface area contributed by atoms with Crippen LogP contribution in [0.1, 0.15) is 5.56 Å². The van der Waals surface area contributed by atoms with Crippen LogP contribution in [0.5, 0.6) is 5.75 Å². The minimum Gasteiger partial charge on any atom is -0.506 e. The molecule has 15 heavy (non-hydrogen) atoms. The SMILES string of the molecule is Cl.N[C@@H](Cc1ccc(O)c(Cl)c1)C(=O)O. The molecule has 4 nitrogen and oxygen atoms in total. The molecule has 1 atom stereocenters. The van der Waals surface area contributed by atoms with Gasteiger partial charge in [-0.15, -0.1) is 12.4 Å². The minimum atomic E-state index is -1.06. The Morgan fingerprint density at radius 3 is 2.60 bits per heavy atom. The van der Waals surface area contributed by atoms with Crippen molar-refractivity contribution >= 4 is 30.0 Å². The maximum absolute atomic E-state index is 10.4. The summed E-state index contributed by atoms with van der Waals surface area (Å²) in [5, 5.41) is 17.9. The van der Waals surface area contributed by atoms with Gasteiger partial charge in [0.05, 0.1) is 5.02 Å². The lowest BCUT2D eigenvalue weighted by Gasteiger charge is -2.06. The highest BCUT2D eigenvalue weighted by Crippen LogP contribution is 2.23. The van der Waals surface area contributed by atoms with Gasteiger partial charge in [0.2, 0.25) is 0 Å². The first-order valence-corrected chi connectivity index (χ1v) is 4.34. The summed E-state index contributed by atoms with van der Waals surface area (Å²) in [7, 11) is 0. The molecule has 0 saturated carbocycles. The van der Waals surface area contributed by atoms with Gasteiger partial charge in [0, 0.05) is 0 Å². The Morgan fingerprint density at radius 1 is 1.53 bits per heavy atom. The normalized spacial score (nSPS) is 11.6. The molecular formula is C9H11Cl2NO3. The third-order valence-electron chi connectivity index (χ3n) is 1.78. The van der Waals surface area contributed by atoms with E-state index in [4.69, 9.17) is 27.5 Å². The van der Waals surface area contributed by atoms with Crippen LogP contribution in [-0.4, -0.2) is 22.2 Å². The van der Waals surface area contributed by atoms with Crippen LogP contribution in [0.4, 0.5) is 0 Å². The number of nitrogens with two attached hydrogens (primary N) is 1. The first-order chi connectivity index (χ1) is 6.50. The molecule has 0 amide bonds. The van der Waals surface area contributed by atoms with E-state index in [0.717, 1.165) is 0 Å². The van der Waals surface area contributed by atoms with Crippen molar-refractivity contribution in [2.45, 2.75) is 12.5 Å². The second kappa shape index (κ2) is 5.80. The zero-order valence-corrected chi connectivity index (χ0v) is 9.26. The van der Waals surface area contributed by atoms with Crippen molar-refractivity contribution < 1.29 is 15.0 Å². The van der Waals surface area contributed by atoms with E-state index in [2.05, 4.69) is 0 Å². The fourth-order valence-electron chi connectivity index (χ4n) is 1.02. The van der Waals surface area contributed by atoms with Gasteiger partial charge >= 0.3 is 5.97 Å². The van der Waals surface area contributed by atoms with Crippen molar-refractivity contribution in [3.63, 3.8) is 0 Å². The predicted octanol–water partition coefficient (Wildman–Crippen LogP) is 1.42. The van der Waals surface area contributed by atoms with Crippen LogP contribution < -0.4 is 5.73 Å². The van der Waals surface area contributed by atoms with Gasteiger partial charge in [-0.1, -0.05) is 17.7 Å². The highest BCUT2D eigenvalue weighted by Gasteiger charge is 2.12. The lowest BCUT2D eigenvalue weighted by atomic mass is 10.1. The number of halogens is 2. The van der Waals surface area contributed by atoms with Crippen molar-refractivity contribution in [2.75, 3.05) is 0 Å². The number of carboxylic acids is 1. The molecule has 0 aliphatic carbocycles. The largest absolute Gasteiger partial charge is 0.506 e. The topological polar surface area (TPSA) is 83.5 Å². The van der Waals surface area contributed by atoms with Crippen LogP contribution in [-0.2, 0) is 11.2 Å². The van der Waals surface area contributed by atoms with Gasteiger partial charge in [0.1, 0.15) is 11.8 Å². The molecule has 0 unspecified atom stereocenters. The molecule has 0 aliphatic heterocycles. The molecule has 0 radical (unpaired) electrons. The molecule has 1 rings (SSSR count). The molecule has 0 spiro atoms. The molecule has 84 valence electrons. The summed E-state index contributed by atoms with van der Waals surface area (Å²) in [5.74, 6) is -1.09. The van der Waals surface area contributed by atoms with Crippen LogP contribution in [0.2, 0.25) is 5.02 Å². The second-order valence-corrected chi connectivity index (χ2v) is 3.34. The summed E-state index contributed by atoms with van der Waals surface area (Å²) in [6.07, 6.45) is 0.190. The Bertz CT molecular complexity index is 357. The standard InChI is InChI=1S/C9H10ClNO3.ClH/c10-6-3-5(1-2-8(6)12)4-7(11)9(13)14;/h1-3,7,12H,4,11H2,(H,13,14);1H/t7-;/m0./s1. The number of hydrogen-bond donors (Lipinski definition) is 3. The van der Waals surface area contributed by atoms with Crippen molar-refractivity contribution in [2.24, 2.45) is 5.73 Å². The van der Waals surface area contributed by atoms with Crippen LogP contribution in [0.3, 0.4) is 0 Å². The van der Waals surface area contributed by atoms with Crippen molar-refractivity contribution in [1.29, 1.82) is 0 Å². The highest BCUT2D eigenvalue weighted by atomic mass is 35.5. The van der Waals surface area contributed by atoms with E-state index in [1.54, 1.807) is 6.07 Å². The van der Waals surface area contributed by atoms with E-state index < -0.39 is 12.0 Å². The van der Waals surface area contributed by atoms with E-state index in [-0.39, 0.29) is 29.6 Å². The van der Waals surface area contributed by atoms with Crippen molar-refractivity contribution in [3.05, 3.63) is 28.8 Å². The average Bonchev–Trinajstić information content (AvgIpc) is 2.11. The smallest absolute Gasteiger partial charge is 0.320 e. The summed E-state index contributed by atoms with van der Waals surface area (Å²) in [6.45, 7) is 0. The molecule has 0 aliphatic rings. The Labute approximate surface area is 98.1 Å². The first kappa shape index (κ1) is 14.0. The van der Waals surface area contributed by atoms with Crippen LogP contribution in [0, 0.1) is 0 Å². The zero-order chi connectivity index (χ0) is 10.7. The third-order valence-corrected chi connectivity index (χ3v) is 2.09. The highest BCUT2D eigenvalue weighted by molar-refractivity contribution is 6.32. The number of hydrogen-bond acceptors (Lipinski definition) is 3. The van der Waals surface area contributed by atoms with E-state index in [0.29, 0.717) is 5.56 Å². The molecule has 0 saturated heterocycles. The van der Waals surface area contributed by atoms with Gasteiger partial charge in [0.15, 0.2) is 0 Å². The molecule has 1 aromatic rings. The molecule has 1 aromatic carbocycles. The van der Waals surface area contributed by atoms with E-state index in [1.165, 1.54) is 12.1 Å². The van der Waals surface area contributed by atoms with Gasteiger partial charge in [-0.05, 0) is 24.1 Å². The molecular weight excluding hydrogens is 241 g/mol. The number of phenolic OH excluding ortho intramolecular Hbond substituents is 1. The molecule has 0 fully saturated rings. The lowest BCUT2D eigenvalue weighted by Crippen LogP contribution is -2.32. The van der Waals surface area contributed by atoms with Gasteiger partial charge < -0.3 is 15.9 Å². The number of aromatic hydroxyl groups is 1. The maximum atomic E-state index is 10.4. The summed E-state index contributed by atoms with van der Waals surface area (Å²) < 4.78 is 0. The summed E-state index contributed by atoms with van der Waals surface area (Å²) in [4.78, 5) is 10.4. The Balaban J connectivity index is 0.00000196. The van der Waals surface area contributed by atoms with Crippen LogP contribution in [0.15, 0.2) is 18.2 Å². The van der Waals surface area contributed by atoms with Crippen LogP contribution in [0.25, 0.3) is 0 Å². The number of phenols is 1. The molecule has 0 aromatic heterocycles. The first-order valence-electron chi connectivity index (χ1n) is 3.96. The van der Waals surface area contributed by atoms with Gasteiger partial charge in [-0.3, -0.25) is 4.79 Å². The van der Waals surface area contributed by atoms with E-state index >= 15 is 0 Å². The number of carbonyl (C=O) groups is 1. The quantitative estimate of drug-likeness (QED) is 0.759. The summed E-state index contributed by atoms with van der Waals surface area (Å²) in [6, 6.07) is 3.55. The number of rotatable bonds is 3. The molecule has 0 bridgehead atoms. The number of benzene rings is 1. The average molecular weight is 252 g/mol. The fraction of sp³-hybridized carbons (Fsp3) is 0.222. The predicted molar refractivity (Wildman–Crippen MR) is 59.7 cm³/mol. The third kappa shape index (κ3) is 3.95. The lowest BCUT2D eigenvalue weighted by molar-refractivity contribution is -0.138. The summed E-state index contributed by atoms with van der Waals surface area (Å²) in [5.41, 5.74) is 6.01.